The van der Waals surface area contributed by atoms with E-state index in [0.29, 0.717) is 30.1 Å². The minimum absolute atomic E-state index is 0.0213. The molecule has 0 saturated heterocycles. The summed E-state index contributed by atoms with van der Waals surface area (Å²) in [7, 11) is 3.35. The summed E-state index contributed by atoms with van der Waals surface area (Å²) in [6, 6.07) is 4.69. The Bertz CT molecular complexity index is 1110. The van der Waals surface area contributed by atoms with Gasteiger partial charge in [0.15, 0.2) is 0 Å². The second-order valence-corrected chi connectivity index (χ2v) is 9.62. The summed E-state index contributed by atoms with van der Waals surface area (Å²) in [5.74, 6) is -0.0751. The second kappa shape index (κ2) is 11.0. The number of carbonyl (C=O) groups is 3. The summed E-state index contributed by atoms with van der Waals surface area (Å²) >= 11 is 0. The lowest BCUT2D eigenvalue weighted by Crippen LogP contribution is -2.49. The molecule has 0 spiro atoms. The SMILES string of the molecule is CO[C@H]1CN(C)C(=O)c2ccc(NC(=O)c3cnccn3)cc2OC[C@@H](C)N(C(=O)C2CC2)C[C@@H]1C. The highest BCUT2D eigenvalue weighted by atomic mass is 16.5. The number of likely N-dealkylation sites (N-methyl/N-ethyl adjacent to an activating group) is 1. The summed E-state index contributed by atoms with van der Waals surface area (Å²) in [4.78, 5) is 50.4. The fourth-order valence-corrected chi connectivity index (χ4v) is 4.33. The van der Waals surface area contributed by atoms with E-state index in [-0.39, 0.29) is 48.1 Å². The van der Waals surface area contributed by atoms with Gasteiger partial charge in [-0.25, -0.2) is 4.98 Å². The zero-order valence-corrected chi connectivity index (χ0v) is 21.1. The molecule has 3 amide bonds. The molecule has 4 rings (SSSR count). The Morgan fingerprint density at radius 1 is 1.17 bits per heavy atom. The van der Waals surface area contributed by atoms with E-state index < -0.39 is 5.91 Å². The molecule has 2 aromatic rings. The fourth-order valence-electron chi connectivity index (χ4n) is 4.33. The molecule has 0 radical (unpaired) electrons. The van der Waals surface area contributed by atoms with Crippen molar-refractivity contribution in [2.45, 2.75) is 38.8 Å². The van der Waals surface area contributed by atoms with Crippen LogP contribution in [-0.2, 0) is 9.53 Å². The number of aromatic nitrogens is 2. The van der Waals surface area contributed by atoms with Gasteiger partial charge >= 0.3 is 0 Å². The third-order valence-electron chi connectivity index (χ3n) is 6.71. The van der Waals surface area contributed by atoms with Crippen molar-refractivity contribution in [3.63, 3.8) is 0 Å². The summed E-state index contributed by atoms with van der Waals surface area (Å²) in [5.41, 5.74) is 0.990. The monoisotopic (exact) mass is 495 g/mol. The Morgan fingerprint density at radius 2 is 1.94 bits per heavy atom. The van der Waals surface area contributed by atoms with Crippen LogP contribution in [0.4, 0.5) is 5.69 Å². The number of fused-ring (bicyclic) bond motifs is 1. The summed E-state index contributed by atoms with van der Waals surface area (Å²) in [6.07, 6.45) is 5.89. The lowest BCUT2D eigenvalue weighted by molar-refractivity contribution is -0.136. The van der Waals surface area contributed by atoms with Crippen LogP contribution in [0.5, 0.6) is 5.75 Å². The highest BCUT2D eigenvalue weighted by molar-refractivity contribution is 6.03. The molecule has 10 nitrogen and oxygen atoms in total. The fraction of sp³-hybridized carbons (Fsp3) is 0.500. The third kappa shape index (κ3) is 5.81. The van der Waals surface area contributed by atoms with Crippen molar-refractivity contribution in [2.75, 3.05) is 39.2 Å². The van der Waals surface area contributed by atoms with Gasteiger partial charge in [-0.15, -0.1) is 0 Å². The average molecular weight is 496 g/mol. The molecule has 2 aliphatic rings. The molecular formula is C26H33N5O5. The molecule has 192 valence electrons. The van der Waals surface area contributed by atoms with Crippen LogP contribution in [0.3, 0.4) is 0 Å². The quantitative estimate of drug-likeness (QED) is 0.693. The van der Waals surface area contributed by atoms with E-state index in [0.717, 1.165) is 12.8 Å². The Hall–Kier alpha value is -3.53. The molecule has 10 heteroatoms. The number of methoxy groups -OCH3 is 1. The first kappa shape index (κ1) is 25.6. The van der Waals surface area contributed by atoms with Gasteiger partial charge in [-0.2, -0.15) is 0 Å². The van der Waals surface area contributed by atoms with Crippen LogP contribution in [0.25, 0.3) is 0 Å². The van der Waals surface area contributed by atoms with Crippen molar-refractivity contribution in [3.05, 3.63) is 48.0 Å². The number of nitrogens with one attached hydrogen (secondary N) is 1. The predicted molar refractivity (Wildman–Crippen MR) is 133 cm³/mol. The summed E-state index contributed by atoms with van der Waals surface area (Å²) in [5, 5.41) is 2.77. The van der Waals surface area contributed by atoms with Gasteiger partial charge in [-0.1, -0.05) is 6.92 Å². The molecule has 1 aromatic heterocycles. The number of anilines is 1. The lowest BCUT2D eigenvalue weighted by Gasteiger charge is -2.36. The normalized spacial score (nSPS) is 23.1. The van der Waals surface area contributed by atoms with Crippen LogP contribution in [0.15, 0.2) is 36.8 Å². The molecule has 1 aromatic carbocycles. The lowest BCUT2D eigenvalue weighted by atomic mass is 10.0. The zero-order chi connectivity index (χ0) is 25.8. The molecule has 1 aliphatic carbocycles. The van der Waals surface area contributed by atoms with E-state index in [9.17, 15) is 14.4 Å². The third-order valence-corrected chi connectivity index (χ3v) is 6.71. The Morgan fingerprint density at radius 3 is 2.61 bits per heavy atom. The van der Waals surface area contributed by atoms with Crippen molar-refractivity contribution < 1.29 is 23.9 Å². The maximum atomic E-state index is 13.3. The van der Waals surface area contributed by atoms with Crippen LogP contribution in [-0.4, -0.2) is 83.5 Å². The maximum absolute atomic E-state index is 13.3. The summed E-state index contributed by atoms with van der Waals surface area (Å²) < 4.78 is 11.9. The molecular weight excluding hydrogens is 462 g/mol. The minimum Gasteiger partial charge on any atom is -0.491 e. The first-order chi connectivity index (χ1) is 17.3. The van der Waals surface area contributed by atoms with E-state index in [2.05, 4.69) is 15.3 Å². The van der Waals surface area contributed by atoms with Gasteiger partial charge in [0.1, 0.15) is 18.1 Å². The largest absolute Gasteiger partial charge is 0.491 e. The van der Waals surface area contributed by atoms with Gasteiger partial charge in [-0.05, 0) is 31.9 Å². The van der Waals surface area contributed by atoms with E-state index in [1.807, 2.05) is 18.7 Å². The molecule has 1 saturated carbocycles. The van der Waals surface area contributed by atoms with Gasteiger partial charge in [0.05, 0.1) is 23.9 Å². The van der Waals surface area contributed by atoms with E-state index in [4.69, 9.17) is 9.47 Å². The van der Waals surface area contributed by atoms with Gasteiger partial charge in [-0.3, -0.25) is 19.4 Å². The van der Waals surface area contributed by atoms with Crippen LogP contribution >= 0.6 is 0 Å². The zero-order valence-electron chi connectivity index (χ0n) is 21.1. The van der Waals surface area contributed by atoms with Crippen LogP contribution in [0.2, 0.25) is 0 Å². The smallest absolute Gasteiger partial charge is 0.275 e. The van der Waals surface area contributed by atoms with Crippen LogP contribution < -0.4 is 10.1 Å². The second-order valence-electron chi connectivity index (χ2n) is 9.62. The van der Waals surface area contributed by atoms with Crippen molar-refractivity contribution in [1.29, 1.82) is 0 Å². The topological polar surface area (TPSA) is 114 Å². The van der Waals surface area contributed by atoms with Crippen molar-refractivity contribution in [1.82, 2.24) is 19.8 Å². The number of ether oxygens (including phenoxy) is 2. The highest BCUT2D eigenvalue weighted by Crippen LogP contribution is 2.33. The van der Waals surface area contributed by atoms with Crippen molar-refractivity contribution in [2.24, 2.45) is 11.8 Å². The molecule has 1 aliphatic heterocycles. The number of rotatable bonds is 4. The molecule has 3 atom stereocenters. The molecule has 2 heterocycles. The molecule has 0 unspecified atom stereocenters. The average Bonchev–Trinajstić information content (AvgIpc) is 3.73. The number of benzene rings is 1. The Kier molecular flexibility index (Phi) is 7.83. The minimum atomic E-state index is -0.425. The number of nitrogens with zero attached hydrogens (tertiary/aromatic N) is 4. The van der Waals surface area contributed by atoms with E-state index in [1.165, 1.54) is 18.6 Å². The number of amides is 3. The first-order valence-corrected chi connectivity index (χ1v) is 12.2. The number of hydrogen-bond acceptors (Lipinski definition) is 7. The maximum Gasteiger partial charge on any atom is 0.275 e. The number of carbonyl (C=O) groups excluding carboxylic acids is 3. The van der Waals surface area contributed by atoms with Crippen molar-refractivity contribution >= 4 is 23.4 Å². The standard InChI is InChI=1S/C26H33N5O5/c1-16-13-31(25(33)18-5-6-18)17(2)15-36-22-11-19(29-24(32)21-12-27-9-10-28-21)7-8-20(22)26(34)30(3)14-23(16)35-4/h7-12,16-18,23H,5-6,13-15H2,1-4H3,(H,29,32)/t16-,17+,23-/m0/s1. The summed E-state index contributed by atoms with van der Waals surface area (Å²) in [6.45, 7) is 5.07. The van der Waals surface area contributed by atoms with Gasteiger partial charge in [0, 0.05) is 63.2 Å². The first-order valence-electron chi connectivity index (χ1n) is 12.2. The van der Waals surface area contributed by atoms with E-state index >= 15 is 0 Å². The molecule has 1 N–H and O–H groups in total. The van der Waals surface area contributed by atoms with Gasteiger partial charge in [0.2, 0.25) is 5.91 Å². The van der Waals surface area contributed by atoms with Crippen molar-refractivity contribution in [3.8, 4) is 5.75 Å². The van der Waals surface area contributed by atoms with Crippen LogP contribution in [0.1, 0.15) is 47.5 Å². The predicted octanol–water partition coefficient (Wildman–Crippen LogP) is 2.47. The van der Waals surface area contributed by atoms with Gasteiger partial charge < -0.3 is 24.6 Å². The van der Waals surface area contributed by atoms with E-state index in [1.54, 1.807) is 37.3 Å². The Balaban J connectivity index is 1.63. The molecule has 36 heavy (non-hydrogen) atoms. The van der Waals surface area contributed by atoms with Crippen LogP contribution in [0, 0.1) is 11.8 Å². The molecule has 1 fully saturated rings. The number of hydrogen-bond donors (Lipinski definition) is 1. The molecule has 0 bridgehead atoms. The van der Waals surface area contributed by atoms with Gasteiger partial charge in [0.25, 0.3) is 11.8 Å². The Labute approximate surface area is 211 Å². The highest BCUT2D eigenvalue weighted by Gasteiger charge is 2.37.